The molecule has 242 valence electrons. The minimum atomic E-state index is 0.620. The predicted molar refractivity (Wildman–Crippen MR) is 218 cm³/mol. The fourth-order valence-electron chi connectivity index (χ4n) is 8.58. The van der Waals surface area contributed by atoms with Crippen molar-refractivity contribution in [3.63, 3.8) is 0 Å². The van der Waals surface area contributed by atoms with Crippen molar-refractivity contribution >= 4 is 64.8 Å². The van der Waals surface area contributed by atoms with Crippen molar-refractivity contribution in [2.75, 3.05) is 0 Å². The van der Waals surface area contributed by atoms with E-state index in [4.69, 9.17) is 5.10 Å². The van der Waals surface area contributed by atoms with E-state index in [0.717, 1.165) is 33.3 Å². The molecular formula is C49H31N3. The van der Waals surface area contributed by atoms with E-state index in [-0.39, 0.29) is 0 Å². The lowest BCUT2D eigenvalue weighted by atomic mass is 9.86. The molecule has 0 atom stereocenters. The van der Waals surface area contributed by atoms with Crippen LogP contribution in [0, 0.1) is 0 Å². The standard InChI is InChI=1S/C49H31N3/c1-2-11-34(12-3-1)48-45-22-21-32-10-4-5-16-39(32)49(45)52(51-48)30-31-26-36(35-15-9-25-50-29-35)28-37(27-31)38-23-24-44-42-18-7-14-33-13-6-17-41(46(33)42)43-20-8-19-40(38)47(43)44/h1-29H,30H2. The zero-order valence-corrected chi connectivity index (χ0v) is 28.3. The minimum absolute atomic E-state index is 0.620. The molecule has 0 radical (unpaired) electrons. The summed E-state index contributed by atoms with van der Waals surface area (Å²) in [6, 6.07) is 59.6. The van der Waals surface area contributed by atoms with E-state index >= 15 is 0 Å². The summed E-state index contributed by atoms with van der Waals surface area (Å²) in [5, 5.41) is 19.3. The van der Waals surface area contributed by atoms with Gasteiger partial charge in [-0.3, -0.25) is 9.67 Å². The molecule has 0 aliphatic carbocycles. The summed E-state index contributed by atoms with van der Waals surface area (Å²) in [5.74, 6) is 0. The molecule has 52 heavy (non-hydrogen) atoms. The van der Waals surface area contributed by atoms with Crippen LogP contribution in [0.1, 0.15) is 5.56 Å². The lowest BCUT2D eigenvalue weighted by Gasteiger charge is -2.17. The van der Waals surface area contributed by atoms with Crippen molar-refractivity contribution in [2.45, 2.75) is 6.54 Å². The molecule has 2 heterocycles. The van der Waals surface area contributed by atoms with Crippen LogP contribution < -0.4 is 0 Å². The number of benzene rings is 9. The molecular weight excluding hydrogens is 631 g/mol. The van der Waals surface area contributed by atoms with Gasteiger partial charge in [-0.05, 0) is 101 Å². The first-order valence-corrected chi connectivity index (χ1v) is 17.9. The Bertz CT molecular complexity index is 3090. The summed E-state index contributed by atoms with van der Waals surface area (Å²) in [7, 11) is 0. The summed E-state index contributed by atoms with van der Waals surface area (Å²) in [5.41, 5.74) is 9.09. The van der Waals surface area contributed by atoms with Gasteiger partial charge in [-0.15, -0.1) is 0 Å². The van der Waals surface area contributed by atoms with Gasteiger partial charge in [-0.1, -0.05) is 133 Å². The molecule has 3 heteroatoms. The smallest absolute Gasteiger partial charge is 0.100 e. The highest BCUT2D eigenvalue weighted by molar-refractivity contribution is 6.34. The molecule has 0 saturated carbocycles. The Morgan fingerprint density at radius 3 is 1.90 bits per heavy atom. The molecule has 0 bridgehead atoms. The van der Waals surface area contributed by atoms with Gasteiger partial charge in [0.1, 0.15) is 5.69 Å². The maximum absolute atomic E-state index is 5.35. The summed E-state index contributed by atoms with van der Waals surface area (Å²) < 4.78 is 2.21. The first-order chi connectivity index (χ1) is 25.8. The van der Waals surface area contributed by atoms with Crippen LogP contribution in [0.3, 0.4) is 0 Å². The fourth-order valence-corrected chi connectivity index (χ4v) is 8.58. The average Bonchev–Trinajstić information content (AvgIpc) is 3.58. The molecule has 9 aromatic carbocycles. The molecule has 0 unspecified atom stereocenters. The maximum atomic E-state index is 5.35. The van der Waals surface area contributed by atoms with Gasteiger partial charge in [-0.25, -0.2) is 0 Å². The summed E-state index contributed by atoms with van der Waals surface area (Å²) >= 11 is 0. The Hall–Kier alpha value is -6.84. The molecule has 0 aliphatic rings. The predicted octanol–water partition coefficient (Wildman–Crippen LogP) is 12.7. The van der Waals surface area contributed by atoms with Crippen molar-refractivity contribution in [3.05, 3.63) is 182 Å². The van der Waals surface area contributed by atoms with Gasteiger partial charge in [0.05, 0.1) is 12.1 Å². The lowest BCUT2D eigenvalue weighted by Crippen LogP contribution is -2.03. The molecule has 0 saturated heterocycles. The molecule has 2 aromatic heterocycles. The molecule has 0 fully saturated rings. The zero-order chi connectivity index (χ0) is 34.2. The number of aromatic nitrogens is 3. The van der Waals surface area contributed by atoms with Crippen LogP contribution in [0.5, 0.6) is 0 Å². The third kappa shape index (κ3) is 4.39. The summed E-state index contributed by atoms with van der Waals surface area (Å²) in [6.07, 6.45) is 3.80. The number of fused-ring (bicyclic) bond motifs is 5. The maximum Gasteiger partial charge on any atom is 0.100 e. The van der Waals surface area contributed by atoms with E-state index in [1.54, 1.807) is 0 Å². The van der Waals surface area contributed by atoms with Gasteiger partial charge in [-0.2, -0.15) is 5.10 Å². The van der Waals surface area contributed by atoms with E-state index in [1.165, 1.54) is 70.6 Å². The average molecular weight is 662 g/mol. The summed E-state index contributed by atoms with van der Waals surface area (Å²) in [4.78, 5) is 4.50. The van der Waals surface area contributed by atoms with Gasteiger partial charge in [0.15, 0.2) is 0 Å². The molecule has 11 rings (SSSR count). The van der Waals surface area contributed by atoms with Crippen LogP contribution in [-0.2, 0) is 6.54 Å². The van der Waals surface area contributed by atoms with Crippen LogP contribution in [0.15, 0.2) is 176 Å². The third-order valence-corrected chi connectivity index (χ3v) is 10.8. The van der Waals surface area contributed by atoms with E-state index in [2.05, 4.69) is 167 Å². The van der Waals surface area contributed by atoms with Crippen LogP contribution in [0.4, 0.5) is 0 Å². The second-order valence-corrected chi connectivity index (χ2v) is 13.8. The number of hydrogen-bond donors (Lipinski definition) is 0. The number of nitrogens with zero attached hydrogens (tertiary/aromatic N) is 3. The minimum Gasteiger partial charge on any atom is -0.264 e. The van der Waals surface area contributed by atoms with Gasteiger partial charge in [0.25, 0.3) is 0 Å². The molecule has 0 spiro atoms. The molecule has 0 N–H and O–H groups in total. The largest absolute Gasteiger partial charge is 0.264 e. The Morgan fingerprint density at radius 1 is 0.423 bits per heavy atom. The molecule has 0 aliphatic heterocycles. The van der Waals surface area contributed by atoms with Crippen molar-refractivity contribution in [1.29, 1.82) is 0 Å². The van der Waals surface area contributed by atoms with E-state index < -0.39 is 0 Å². The highest BCUT2D eigenvalue weighted by atomic mass is 15.3. The van der Waals surface area contributed by atoms with Crippen molar-refractivity contribution in [3.8, 4) is 33.5 Å². The quantitative estimate of drug-likeness (QED) is 0.136. The van der Waals surface area contributed by atoms with Gasteiger partial charge < -0.3 is 0 Å². The Balaban J connectivity index is 1.15. The lowest BCUT2D eigenvalue weighted by molar-refractivity contribution is 0.717. The van der Waals surface area contributed by atoms with Gasteiger partial charge >= 0.3 is 0 Å². The second kappa shape index (κ2) is 11.3. The molecule has 3 nitrogen and oxygen atoms in total. The third-order valence-electron chi connectivity index (χ3n) is 10.8. The Labute approximate surface area is 300 Å². The topological polar surface area (TPSA) is 30.7 Å². The molecule has 11 aromatic rings. The van der Waals surface area contributed by atoms with Crippen molar-refractivity contribution in [2.24, 2.45) is 0 Å². The Morgan fingerprint density at radius 2 is 1.08 bits per heavy atom. The molecule has 0 amide bonds. The SMILES string of the molecule is c1ccc(-c2nn(Cc3cc(-c4cccnc4)cc(-c4ccc5c6cccc7cccc(c8cccc4c85)c76)c3)c3c2ccc2ccccc23)cc1. The number of hydrogen-bond acceptors (Lipinski definition) is 2. The van der Waals surface area contributed by atoms with Gasteiger partial charge in [0, 0.05) is 34.3 Å². The first-order valence-electron chi connectivity index (χ1n) is 17.9. The van der Waals surface area contributed by atoms with Gasteiger partial charge in [0.2, 0.25) is 0 Å². The van der Waals surface area contributed by atoms with Crippen LogP contribution in [-0.4, -0.2) is 14.8 Å². The second-order valence-electron chi connectivity index (χ2n) is 13.8. The van der Waals surface area contributed by atoms with Crippen LogP contribution in [0.25, 0.3) is 98.3 Å². The van der Waals surface area contributed by atoms with Crippen molar-refractivity contribution < 1.29 is 0 Å². The zero-order valence-electron chi connectivity index (χ0n) is 28.3. The van der Waals surface area contributed by atoms with Crippen molar-refractivity contribution in [1.82, 2.24) is 14.8 Å². The number of rotatable bonds is 5. The number of pyridine rings is 1. The highest BCUT2D eigenvalue weighted by Gasteiger charge is 2.19. The van der Waals surface area contributed by atoms with E-state index in [9.17, 15) is 0 Å². The highest BCUT2D eigenvalue weighted by Crippen LogP contribution is 2.44. The first kappa shape index (κ1) is 28.9. The normalized spacial score (nSPS) is 11.9. The van der Waals surface area contributed by atoms with Crippen LogP contribution >= 0.6 is 0 Å². The van der Waals surface area contributed by atoms with E-state index in [0.29, 0.717) is 6.54 Å². The van der Waals surface area contributed by atoms with Crippen LogP contribution in [0.2, 0.25) is 0 Å². The monoisotopic (exact) mass is 661 g/mol. The van der Waals surface area contributed by atoms with E-state index in [1.807, 2.05) is 18.5 Å². The fraction of sp³-hybridized carbons (Fsp3) is 0.0204. The Kier molecular flexibility index (Phi) is 6.31. The summed E-state index contributed by atoms with van der Waals surface area (Å²) in [6.45, 7) is 0.620.